The molecule has 2 saturated heterocycles. The third-order valence-corrected chi connectivity index (χ3v) is 5.56. The maximum Gasteiger partial charge on any atom is 0.169 e. The van der Waals surface area contributed by atoms with E-state index in [4.69, 9.17) is 12.2 Å². The Kier molecular flexibility index (Phi) is 2.79. The van der Waals surface area contributed by atoms with Gasteiger partial charge < -0.3 is 10.2 Å². The van der Waals surface area contributed by atoms with Crippen molar-refractivity contribution in [3.63, 3.8) is 0 Å². The van der Waals surface area contributed by atoms with E-state index in [0.717, 1.165) is 5.56 Å². The molecule has 2 fully saturated rings. The molecule has 1 aromatic carbocycles. The lowest BCUT2D eigenvalue weighted by Crippen LogP contribution is -2.36. The molecule has 0 spiro atoms. The molecule has 0 aromatic heterocycles. The SMILES string of the molecule is O=S1(=O)C[C@@H]2NC(=S)N(Cc3ccccc3)[C@@H]2C1. The second-order valence-corrected chi connectivity index (χ2v) is 7.35. The zero-order chi connectivity index (χ0) is 12.8. The van der Waals surface area contributed by atoms with Crippen molar-refractivity contribution in [2.45, 2.75) is 18.6 Å². The zero-order valence-corrected chi connectivity index (χ0v) is 11.4. The van der Waals surface area contributed by atoms with Crippen LogP contribution in [0.15, 0.2) is 30.3 Å². The molecule has 2 heterocycles. The van der Waals surface area contributed by atoms with Crippen LogP contribution in [0.1, 0.15) is 5.56 Å². The van der Waals surface area contributed by atoms with E-state index in [9.17, 15) is 8.42 Å². The number of nitrogens with one attached hydrogen (secondary N) is 1. The zero-order valence-electron chi connectivity index (χ0n) is 9.74. The highest BCUT2D eigenvalue weighted by atomic mass is 32.2. The average molecular weight is 282 g/mol. The number of thiocarbonyl (C=S) groups is 1. The van der Waals surface area contributed by atoms with Crippen molar-refractivity contribution in [1.82, 2.24) is 10.2 Å². The molecule has 1 N–H and O–H groups in total. The number of nitrogens with zero attached hydrogens (tertiary/aromatic N) is 1. The van der Waals surface area contributed by atoms with Crippen LogP contribution in [0, 0.1) is 0 Å². The summed E-state index contributed by atoms with van der Waals surface area (Å²) >= 11 is 5.29. The Morgan fingerprint density at radius 1 is 1.28 bits per heavy atom. The standard InChI is InChI=1S/C12H14N2O2S2/c15-18(16)7-10-11(8-18)14(12(17)13-10)6-9-4-2-1-3-5-9/h1-5,10-11H,6-8H2,(H,13,17)/t10-,11+/m0/s1. The summed E-state index contributed by atoms with van der Waals surface area (Å²) in [7, 11) is -2.92. The van der Waals surface area contributed by atoms with Gasteiger partial charge in [-0.15, -0.1) is 0 Å². The summed E-state index contributed by atoms with van der Waals surface area (Å²) in [6, 6.07) is 9.93. The second-order valence-electron chi connectivity index (χ2n) is 4.81. The van der Waals surface area contributed by atoms with Crippen LogP contribution in [0.25, 0.3) is 0 Å². The summed E-state index contributed by atoms with van der Waals surface area (Å²) in [5.41, 5.74) is 1.14. The van der Waals surface area contributed by atoms with E-state index in [1.807, 2.05) is 35.2 Å². The molecule has 1 aromatic rings. The number of benzene rings is 1. The summed E-state index contributed by atoms with van der Waals surface area (Å²) in [5, 5.41) is 3.79. The van der Waals surface area contributed by atoms with E-state index in [2.05, 4.69) is 5.32 Å². The lowest BCUT2D eigenvalue weighted by molar-refractivity contribution is 0.349. The lowest BCUT2D eigenvalue weighted by Gasteiger charge is -2.23. The maximum atomic E-state index is 11.6. The second kappa shape index (κ2) is 4.20. The van der Waals surface area contributed by atoms with Gasteiger partial charge in [0.05, 0.1) is 23.6 Å². The maximum absolute atomic E-state index is 11.6. The van der Waals surface area contributed by atoms with Gasteiger partial charge in [-0.05, 0) is 17.8 Å². The highest BCUT2D eigenvalue weighted by Crippen LogP contribution is 2.25. The monoisotopic (exact) mass is 282 g/mol. The van der Waals surface area contributed by atoms with Crippen molar-refractivity contribution >= 4 is 27.2 Å². The van der Waals surface area contributed by atoms with Gasteiger partial charge in [-0.2, -0.15) is 0 Å². The molecular weight excluding hydrogens is 268 g/mol. The van der Waals surface area contributed by atoms with Crippen molar-refractivity contribution < 1.29 is 8.42 Å². The largest absolute Gasteiger partial charge is 0.357 e. The van der Waals surface area contributed by atoms with Gasteiger partial charge in [-0.1, -0.05) is 30.3 Å². The number of fused-ring (bicyclic) bond motifs is 1. The number of sulfone groups is 1. The minimum Gasteiger partial charge on any atom is -0.357 e. The van der Waals surface area contributed by atoms with Gasteiger partial charge in [-0.3, -0.25) is 0 Å². The first kappa shape index (κ1) is 11.9. The predicted molar refractivity (Wildman–Crippen MR) is 73.9 cm³/mol. The average Bonchev–Trinajstić information content (AvgIpc) is 2.74. The smallest absolute Gasteiger partial charge is 0.169 e. The Balaban J connectivity index is 1.82. The molecular formula is C12H14N2O2S2. The fourth-order valence-electron chi connectivity index (χ4n) is 2.64. The highest BCUT2D eigenvalue weighted by molar-refractivity contribution is 7.91. The van der Waals surface area contributed by atoms with Crippen LogP contribution in [0.2, 0.25) is 0 Å². The van der Waals surface area contributed by atoms with Crippen LogP contribution in [-0.4, -0.2) is 42.0 Å². The molecule has 96 valence electrons. The number of hydrogen-bond acceptors (Lipinski definition) is 3. The molecule has 2 atom stereocenters. The minimum absolute atomic E-state index is 0.0114. The summed E-state index contributed by atoms with van der Waals surface area (Å²) in [6.45, 7) is 0.670. The van der Waals surface area contributed by atoms with Crippen LogP contribution in [0.3, 0.4) is 0 Å². The molecule has 0 aliphatic carbocycles. The highest BCUT2D eigenvalue weighted by Gasteiger charge is 2.46. The molecule has 3 rings (SSSR count). The van der Waals surface area contributed by atoms with Crippen LogP contribution >= 0.6 is 12.2 Å². The minimum atomic E-state index is -2.92. The Labute approximate surface area is 112 Å². The Bertz CT molecular complexity index is 571. The van der Waals surface area contributed by atoms with Crippen LogP contribution in [-0.2, 0) is 16.4 Å². The first-order valence-electron chi connectivity index (χ1n) is 5.87. The summed E-state index contributed by atoms with van der Waals surface area (Å²) in [5.74, 6) is 0.404. The molecule has 0 saturated carbocycles. The van der Waals surface area contributed by atoms with Gasteiger partial charge in [0.1, 0.15) is 0 Å². The van der Waals surface area contributed by atoms with Gasteiger partial charge in [0.25, 0.3) is 0 Å². The van der Waals surface area contributed by atoms with Crippen molar-refractivity contribution in [3.8, 4) is 0 Å². The summed E-state index contributed by atoms with van der Waals surface area (Å²) in [4.78, 5) is 2.00. The van der Waals surface area contributed by atoms with E-state index < -0.39 is 9.84 Å². The Hall–Kier alpha value is -1.14. The predicted octanol–water partition coefficient (Wildman–Crippen LogP) is 0.542. The molecule has 0 bridgehead atoms. The van der Waals surface area contributed by atoms with Gasteiger partial charge in [-0.25, -0.2) is 8.42 Å². The van der Waals surface area contributed by atoms with Crippen LogP contribution in [0.4, 0.5) is 0 Å². The van der Waals surface area contributed by atoms with Gasteiger partial charge in [0.2, 0.25) is 0 Å². The molecule has 18 heavy (non-hydrogen) atoms. The molecule has 2 aliphatic heterocycles. The third-order valence-electron chi connectivity index (χ3n) is 3.49. The lowest BCUT2D eigenvalue weighted by atomic mass is 10.1. The van der Waals surface area contributed by atoms with Crippen LogP contribution in [0.5, 0.6) is 0 Å². The molecule has 2 aliphatic rings. The molecule has 0 radical (unpaired) electrons. The fourth-order valence-corrected chi connectivity index (χ4v) is 4.91. The normalized spacial score (nSPS) is 29.1. The van der Waals surface area contributed by atoms with E-state index in [1.54, 1.807) is 0 Å². The van der Waals surface area contributed by atoms with E-state index in [-0.39, 0.29) is 23.6 Å². The first-order chi connectivity index (χ1) is 8.55. The molecule has 0 amide bonds. The van der Waals surface area contributed by atoms with Crippen LogP contribution < -0.4 is 5.32 Å². The number of rotatable bonds is 2. The first-order valence-corrected chi connectivity index (χ1v) is 8.10. The quantitative estimate of drug-likeness (QED) is 0.803. The molecule has 4 nitrogen and oxygen atoms in total. The van der Waals surface area contributed by atoms with E-state index in [1.165, 1.54) is 0 Å². The van der Waals surface area contributed by atoms with Crippen molar-refractivity contribution in [2.75, 3.05) is 11.5 Å². The molecule has 6 heteroatoms. The Morgan fingerprint density at radius 3 is 2.72 bits per heavy atom. The summed E-state index contributed by atoms with van der Waals surface area (Å²) < 4.78 is 23.3. The van der Waals surface area contributed by atoms with Gasteiger partial charge in [0, 0.05) is 6.54 Å². The van der Waals surface area contributed by atoms with E-state index >= 15 is 0 Å². The summed E-state index contributed by atoms with van der Waals surface area (Å²) in [6.07, 6.45) is 0. The molecule has 0 unspecified atom stereocenters. The topological polar surface area (TPSA) is 49.4 Å². The van der Waals surface area contributed by atoms with Gasteiger partial charge >= 0.3 is 0 Å². The van der Waals surface area contributed by atoms with Crippen molar-refractivity contribution in [2.24, 2.45) is 0 Å². The third kappa shape index (κ3) is 2.10. The van der Waals surface area contributed by atoms with Gasteiger partial charge in [0.15, 0.2) is 14.9 Å². The Morgan fingerprint density at radius 2 is 2.00 bits per heavy atom. The van der Waals surface area contributed by atoms with Crippen molar-refractivity contribution in [1.29, 1.82) is 0 Å². The van der Waals surface area contributed by atoms with E-state index in [0.29, 0.717) is 11.7 Å². The van der Waals surface area contributed by atoms with Crippen molar-refractivity contribution in [3.05, 3.63) is 35.9 Å². The number of hydrogen-bond donors (Lipinski definition) is 1. The fraction of sp³-hybridized carbons (Fsp3) is 0.417.